The van der Waals surface area contributed by atoms with Gasteiger partial charge in [-0.2, -0.15) is 5.10 Å². The van der Waals surface area contributed by atoms with Gasteiger partial charge < -0.3 is 9.64 Å². The fraction of sp³-hybridized carbons (Fsp3) is 0.400. The molecule has 3 rings (SSSR count). The molecule has 1 aromatic heterocycles. The predicted octanol–water partition coefficient (Wildman–Crippen LogP) is 1.77. The van der Waals surface area contributed by atoms with E-state index in [-0.39, 0.29) is 23.7 Å². The van der Waals surface area contributed by atoms with Crippen molar-refractivity contribution >= 4 is 5.91 Å². The molecule has 2 heterocycles. The van der Waals surface area contributed by atoms with E-state index in [2.05, 4.69) is 15.2 Å². The first kappa shape index (κ1) is 14.6. The van der Waals surface area contributed by atoms with Crippen LogP contribution in [0.5, 0.6) is 0 Å². The molecule has 1 amide bonds. The number of carbonyl (C=O) groups is 1. The molecule has 0 unspecified atom stereocenters. The molecular weight excluding hydrogens is 287 g/mol. The SMILES string of the molecule is O=C(c1ncn[nH]1)N(Cc1ccc(F)cc1)C[C@H]1CCCO1. The number of H-pyrrole nitrogens is 1. The van der Waals surface area contributed by atoms with Crippen LogP contribution in [-0.2, 0) is 11.3 Å². The first-order chi connectivity index (χ1) is 10.7. The lowest BCUT2D eigenvalue weighted by atomic mass is 10.1. The van der Waals surface area contributed by atoms with E-state index in [1.54, 1.807) is 17.0 Å². The van der Waals surface area contributed by atoms with Gasteiger partial charge in [-0.15, -0.1) is 0 Å². The highest BCUT2D eigenvalue weighted by atomic mass is 19.1. The van der Waals surface area contributed by atoms with Crippen molar-refractivity contribution in [2.45, 2.75) is 25.5 Å². The zero-order chi connectivity index (χ0) is 15.4. The van der Waals surface area contributed by atoms with Crippen LogP contribution in [0, 0.1) is 5.82 Å². The topological polar surface area (TPSA) is 71.1 Å². The average Bonchev–Trinajstić information content (AvgIpc) is 3.21. The number of hydrogen-bond acceptors (Lipinski definition) is 4. The van der Waals surface area contributed by atoms with Gasteiger partial charge in [0, 0.05) is 19.7 Å². The Morgan fingerprint density at radius 2 is 2.23 bits per heavy atom. The van der Waals surface area contributed by atoms with E-state index in [0.717, 1.165) is 25.0 Å². The fourth-order valence-electron chi connectivity index (χ4n) is 2.52. The average molecular weight is 304 g/mol. The van der Waals surface area contributed by atoms with E-state index >= 15 is 0 Å². The van der Waals surface area contributed by atoms with Crippen molar-refractivity contribution in [1.29, 1.82) is 0 Å². The molecule has 1 N–H and O–H groups in total. The number of carbonyl (C=O) groups excluding carboxylic acids is 1. The largest absolute Gasteiger partial charge is 0.376 e. The molecule has 0 aliphatic carbocycles. The molecule has 1 aliphatic rings. The van der Waals surface area contributed by atoms with Gasteiger partial charge >= 0.3 is 0 Å². The Hall–Kier alpha value is -2.28. The van der Waals surface area contributed by atoms with Crippen molar-refractivity contribution in [2.75, 3.05) is 13.2 Å². The number of hydrogen-bond donors (Lipinski definition) is 1. The van der Waals surface area contributed by atoms with Crippen molar-refractivity contribution < 1.29 is 13.9 Å². The summed E-state index contributed by atoms with van der Waals surface area (Å²) >= 11 is 0. The number of halogens is 1. The minimum absolute atomic E-state index is 0.0346. The summed E-state index contributed by atoms with van der Waals surface area (Å²) in [5, 5.41) is 6.30. The first-order valence-corrected chi connectivity index (χ1v) is 7.23. The highest BCUT2D eigenvalue weighted by Crippen LogP contribution is 2.16. The summed E-state index contributed by atoms with van der Waals surface area (Å²) in [7, 11) is 0. The number of rotatable bonds is 5. The smallest absolute Gasteiger partial charge is 0.291 e. The van der Waals surface area contributed by atoms with Crippen molar-refractivity contribution in [3.05, 3.63) is 47.8 Å². The lowest BCUT2D eigenvalue weighted by Crippen LogP contribution is -2.37. The van der Waals surface area contributed by atoms with Crippen LogP contribution in [0.25, 0.3) is 0 Å². The maximum absolute atomic E-state index is 13.0. The molecule has 0 saturated carbocycles. The molecule has 6 nitrogen and oxygen atoms in total. The lowest BCUT2D eigenvalue weighted by Gasteiger charge is -2.24. The number of ether oxygens (including phenoxy) is 1. The summed E-state index contributed by atoms with van der Waals surface area (Å²) in [4.78, 5) is 18.1. The highest BCUT2D eigenvalue weighted by molar-refractivity contribution is 5.90. The Balaban J connectivity index is 1.75. The maximum Gasteiger partial charge on any atom is 0.291 e. The monoisotopic (exact) mass is 304 g/mol. The number of aromatic nitrogens is 3. The molecule has 116 valence electrons. The Kier molecular flexibility index (Phi) is 4.43. The third-order valence-corrected chi connectivity index (χ3v) is 3.64. The van der Waals surface area contributed by atoms with E-state index in [1.165, 1.54) is 18.5 Å². The zero-order valence-electron chi connectivity index (χ0n) is 12.0. The molecule has 0 spiro atoms. The number of benzene rings is 1. The maximum atomic E-state index is 13.0. The van der Waals surface area contributed by atoms with Crippen LogP contribution < -0.4 is 0 Å². The van der Waals surface area contributed by atoms with Gasteiger partial charge in [-0.05, 0) is 30.5 Å². The van der Waals surface area contributed by atoms with Gasteiger partial charge in [-0.1, -0.05) is 12.1 Å². The zero-order valence-corrected chi connectivity index (χ0v) is 12.0. The minimum atomic E-state index is -0.295. The first-order valence-electron chi connectivity index (χ1n) is 7.23. The standard InChI is InChI=1S/C15H17FN4O2/c16-12-5-3-11(4-6-12)8-20(9-13-2-1-7-22-13)15(21)14-17-10-18-19-14/h3-6,10,13H,1-2,7-9H2,(H,17,18,19)/t13-/m1/s1. The van der Waals surface area contributed by atoms with Crippen LogP contribution in [0.15, 0.2) is 30.6 Å². The number of nitrogens with zero attached hydrogens (tertiary/aromatic N) is 3. The van der Waals surface area contributed by atoms with E-state index < -0.39 is 0 Å². The van der Waals surface area contributed by atoms with Gasteiger partial charge in [0.15, 0.2) is 0 Å². The Bertz CT molecular complexity index is 609. The quantitative estimate of drug-likeness (QED) is 0.914. The van der Waals surface area contributed by atoms with Crippen molar-refractivity contribution in [2.24, 2.45) is 0 Å². The molecule has 1 saturated heterocycles. The molecule has 1 atom stereocenters. The molecule has 1 aliphatic heterocycles. The van der Waals surface area contributed by atoms with E-state index in [4.69, 9.17) is 4.74 Å². The summed E-state index contributed by atoms with van der Waals surface area (Å²) in [5.74, 6) is -0.339. The molecule has 1 aromatic carbocycles. The second-order valence-electron chi connectivity index (χ2n) is 5.28. The molecule has 2 aromatic rings. The normalized spacial score (nSPS) is 17.6. The van der Waals surface area contributed by atoms with E-state index in [1.807, 2.05) is 0 Å². The van der Waals surface area contributed by atoms with Gasteiger partial charge in [0.2, 0.25) is 5.82 Å². The van der Waals surface area contributed by atoms with Crippen LogP contribution in [0.4, 0.5) is 4.39 Å². The third kappa shape index (κ3) is 3.48. The number of nitrogens with one attached hydrogen (secondary N) is 1. The summed E-state index contributed by atoms with van der Waals surface area (Å²) in [6, 6.07) is 6.12. The molecule has 0 bridgehead atoms. The minimum Gasteiger partial charge on any atom is -0.376 e. The molecular formula is C15H17FN4O2. The fourth-order valence-corrected chi connectivity index (χ4v) is 2.52. The number of aromatic amines is 1. The third-order valence-electron chi connectivity index (χ3n) is 3.64. The highest BCUT2D eigenvalue weighted by Gasteiger charge is 2.25. The van der Waals surface area contributed by atoms with Crippen LogP contribution in [0.3, 0.4) is 0 Å². The van der Waals surface area contributed by atoms with Gasteiger partial charge in [-0.3, -0.25) is 9.89 Å². The molecule has 22 heavy (non-hydrogen) atoms. The summed E-state index contributed by atoms with van der Waals surface area (Å²) in [6.07, 6.45) is 3.28. The predicted molar refractivity (Wildman–Crippen MR) is 76.5 cm³/mol. The van der Waals surface area contributed by atoms with Crippen molar-refractivity contribution in [1.82, 2.24) is 20.1 Å². The Morgan fingerprint density at radius 3 is 2.86 bits per heavy atom. The van der Waals surface area contributed by atoms with Gasteiger partial charge in [0.05, 0.1) is 6.10 Å². The van der Waals surface area contributed by atoms with Crippen LogP contribution in [-0.4, -0.2) is 45.2 Å². The Morgan fingerprint density at radius 1 is 1.41 bits per heavy atom. The Labute approximate surface area is 127 Å². The van der Waals surface area contributed by atoms with Crippen LogP contribution >= 0.6 is 0 Å². The summed E-state index contributed by atoms with van der Waals surface area (Å²) in [6.45, 7) is 1.59. The molecule has 7 heteroatoms. The summed E-state index contributed by atoms with van der Waals surface area (Å²) < 4.78 is 18.6. The lowest BCUT2D eigenvalue weighted by molar-refractivity contribution is 0.0498. The van der Waals surface area contributed by atoms with Gasteiger partial charge in [-0.25, -0.2) is 9.37 Å². The van der Waals surface area contributed by atoms with Gasteiger partial charge in [0.1, 0.15) is 12.1 Å². The van der Waals surface area contributed by atoms with Crippen molar-refractivity contribution in [3.63, 3.8) is 0 Å². The van der Waals surface area contributed by atoms with Crippen LogP contribution in [0.2, 0.25) is 0 Å². The molecule has 1 fully saturated rings. The van der Waals surface area contributed by atoms with E-state index in [9.17, 15) is 9.18 Å². The molecule has 0 radical (unpaired) electrons. The summed E-state index contributed by atoms with van der Waals surface area (Å²) in [5.41, 5.74) is 0.854. The second kappa shape index (κ2) is 6.65. The van der Waals surface area contributed by atoms with E-state index in [0.29, 0.717) is 13.1 Å². The van der Waals surface area contributed by atoms with Gasteiger partial charge in [0.25, 0.3) is 5.91 Å². The van der Waals surface area contributed by atoms with Crippen molar-refractivity contribution in [3.8, 4) is 0 Å². The second-order valence-corrected chi connectivity index (χ2v) is 5.28. The number of amides is 1. The van der Waals surface area contributed by atoms with Crippen LogP contribution in [0.1, 0.15) is 29.0 Å².